The molecule has 1 heterocycles. The quantitative estimate of drug-likeness (QED) is 0.891. The van der Waals surface area contributed by atoms with Gasteiger partial charge < -0.3 is 10.1 Å². The van der Waals surface area contributed by atoms with Crippen LogP contribution >= 0.6 is 0 Å². The zero-order chi connectivity index (χ0) is 13.8. The van der Waals surface area contributed by atoms with Crippen LogP contribution in [0.4, 0.5) is 5.69 Å². The third kappa shape index (κ3) is 2.77. The van der Waals surface area contributed by atoms with E-state index in [0.717, 1.165) is 37.3 Å². The Morgan fingerprint density at radius 2 is 2.10 bits per heavy atom. The minimum Gasteiger partial charge on any atom is -0.494 e. The summed E-state index contributed by atoms with van der Waals surface area (Å²) in [5.74, 6) is 0.933. The van der Waals surface area contributed by atoms with E-state index in [1.165, 1.54) is 11.3 Å². The molecule has 0 saturated heterocycles. The summed E-state index contributed by atoms with van der Waals surface area (Å²) in [5.41, 5.74) is 3.68. The average molecular weight is 268 g/mol. The molecule has 1 aliphatic carbocycles. The smallest absolute Gasteiger partial charge is 0.119 e. The lowest BCUT2D eigenvalue weighted by atomic mass is 10.2. The summed E-state index contributed by atoms with van der Waals surface area (Å²) in [6.45, 7) is 2.88. The predicted molar refractivity (Wildman–Crippen MR) is 81.1 cm³/mol. The van der Waals surface area contributed by atoms with Gasteiger partial charge in [-0.1, -0.05) is 13.0 Å². The standard InChI is InChI=1S/C17H20N2O/c1-2-12-20-15-8-6-14(7-9-15)19-16-10-5-13-4-3-11-18-17(13)16/h3-4,6-9,11,16,19H,2,5,10,12H2,1H3. The fourth-order valence-corrected chi connectivity index (χ4v) is 2.62. The van der Waals surface area contributed by atoms with E-state index in [9.17, 15) is 0 Å². The van der Waals surface area contributed by atoms with Crippen molar-refractivity contribution in [1.29, 1.82) is 0 Å². The van der Waals surface area contributed by atoms with Gasteiger partial charge in [0.1, 0.15) is 5.75 Å². The molecule has 0 spiro atoms. The zero-order valence-corrected chi connectivity index (χ0v) is 11.8. The third-order valence-electron chi connectivity index (χ3n) is 3.63. The molecule has 0 amide bonds. The van der Waals surface area contributed by atoms with Crippen molar-refractivity contribution in [1.82, 2.24) is 4.98 Å². The van der Waals surface area contributed by atoms with Gasteiger partial charge in [-0.2, -0.15) is 0 Å². The highest BCUT2D eigenvalue weighted by atomic mass is 16.5. The summed E-state index contributed by atoms with van der Waals surface area (Å²) < 4.78 is 5.60. The number of ether oxygens (including phenoxy) is 1. The van der Waals surface area contributed by atoms with Crippen molar-refractivity contribution in [2.75, 3.05) is 11.9 Å². The van der Waals surface area contributed by atoms with Gasteiger partial charge in [-0.15, -0.1) is 0 Å². The van der Waals surface area contributed by atoms with Gasteiger partial charge in [0.2, 0.25) is 0 Å². The molecular weight excluding hydrogens is 248 g/mol. The van der Waals surface area contributed by atoms with E-state index < -0.39 is 0 Å². The largest absolute Gasteiger partial charge is 0.494 e. The van der Waals surface area contributed by atoms with E-state index in [4.69, 9.17) is 4.74 Å². The second-order valence-electron chi connectivity index (χ2n) is 5.16. The van der Waals surface area contributed by atoms with Crippen LogP contribution in [0.15, 0.2) is 42.6 Å². The number of nitrogens with zero attached hydrogens (tertiary/aromatic N) is 1. The number of benzene rings is 1. The van der Waals surface area contributed by atoms with E-state index in [-0.39, 0.29) is 0 Å². The molecule has 0 bridgehead atoms. The van der Waals surface area contributed by atoms with E-state index in [0.29, 0.717) is 6.04 Å². The first kappa shape index (κ1) is 13.0. The molecule has 1 unspecified atom stereocenters. The molecule has 1 atom stereocenters. The van der Waals surface area contributed by atoms with Gasteiger partial charge in [-0.25, -0.2) is 0 Å². The molecule has 0 saturated carbocycles. The van der Waals surface area contributed by atoms with E-state index in [1.807, 2.05) is 24.4 Å². The lowest BCUT2D eigenvalue weighted by molar-refractivity contribution is 0.317. The minimum absolute atomic E-state index is 0.327. The Kier molecular flexibility index (Phi) is 3.86. The molecule has 20 heavy (non-hydrogen) atoms. The van der Waals surface area contributed by atoms with Crippen molar-refractivity contribution in [3.05, 3.63) is 53.9 Å². The summed E-state index contributed by atoms with van der Waals surface area (Å²) in [6, 6.07) is 12.7. The average Bonchev–Trinajstić information content (AvgIpc) is 2.90. The van der Waals surface area contributed by atoms with Crippen LogP contribution in [0.1, 0.15) is 37.1 Å². The van der Waals surface area contributed by atoms with Crippen LogP contribution in [0.25, 0.3) is 0 Å². The molecule has 104 valence electrons. The van der Waals surface area contributed by atoms with Crippen LogP contribution < -0.4 is 10.1 Å². The summed E-state index contributed by atoms with van der Waals surface area (Å²) in [7, 11) is 0. The van der Waals surface area contributed by atoms with Crippen LogP contribution in [-0.4, -0.2) is 11.6 Å². The van der Waals surface area contributed by atoms with E-state index in [2.05, 4.69) is 35.4 Å². The zero-order valence-electron chi connectivity index (χ0n) is 11.8. The number of fused-ring (bicyclic) bond motifs is 1. The highest BCUT2D eigenvalue weighted by molar-refractivity contribution is 5.49. The number of rotatable bonds is 5. The molecule has 1 aromatic carbocycles. The van der Waals surface area contributed by atoms with Crippen molar-refractivity contribution < 1.29 is 4.74 Å². The molecule has 1 N–H and O–H groups in total. The Morgan fingerprint density at radius 3 is 2.90 bits per heavy atom. The summed E-state index contributed by atoms with van der Waals surface area (Å²) in [5, 5.41) is 3.56. The van der Waals surface area contributed by atoms with Crippen molar-refractivity contribution in [3.8, 4) is 5.75 Å². The van der Waals surface area contributed by atoms with Gasteiger partial charge in [0, 0.05) is 11.9 Å². The number of hydrogen-bond donors (Lipinski definition) is 1. The fourth-order valence-electron chi connectivity index (χ4n) is 2.62. The molecule has 3 nitrogen and oxygen atoms in total. The molecule has 0 radical (unpaired) electrons. The van der Waals surface area contributed by atoms with Crippen molar-refractivity contribution in [3.63, 3.8) is 0 Å². The highest BCUT2D eigenvalue weighted by Crippen LogP contribution is 2.32. The van der Waals surface area contributed by atoms with Crippen molar-refractivity contribution in [2.45, 2.75) is 32.2 Å². The Balaban J connectivity index is 1.67. The number of nitrogens with one attached hydrogen (secondary N) is 1. The molecule has 2 aromatic rings. The van der Waals surface area contributed by atoms with Crippen LogP contribution in [0.3, 0.4) is 0 Å². The SMILES string of the molecule is CCCOc1ccc(NC2CCc3cccnc32)cc1. The number of pyridine rings is 1. The minimum atomic E-state index is 0.327. The van der Waals surface area contributed by atoms with Crippen LogP contribution in [0.2, 0.25) is 0 Å². The van der Waals surface area contributed by atoms with Crippen LogP contribution in [-0.2, 0) is 6.42 Å². The van der Waals surface area contributed by atoms with Crippen molar-refractivity contribution >= 4 is 5.69 Å². The Morgan fingerprint density at radius 1 is 1.25 bits per heavy atom. The van der Waals surface area contributed by atoms with Crippen LogP contribution in [0, 0.1) is 0 Å². The van der Waals surface area contributed by atoms with Gasteiger partial charge in [0.05, 0.1) is 18.3 Å². The molecule has 3 rings (SSSR count). The first-order chi connectivity index (χ1) is 9.86. The summed E-state index contributed by atoms with van der Waals surface area (Å²) in [6.07, 6.45) is 5.13. The molecule has 1 aliphatic rings. The van der Waals surface area contributed by atoms with Crippen LogP contribution in [0.5, 0.6) is 5.75 Å². The fraction of sp³-hybridized carbons (Fsp3) is 0.353. The summed E-state index contributed by atoms with van der Waals surface area (Å²) in [4.78, 5) is 4.51. The molecule has 1 aromatic heterocycles. The first-order valence-corrected chi connectivity index (χ1v) is 7.30. The maximum atomic E-state index is 5.60. The topological polar surface area (TPSA) is 34.1 Å². The van der Waals surface area contributed by atoms with Gasteiger partial charge in [0.15, 0.2) is 0 Å². The molecule has 0 aliphatic heterocycles. The summed E-state index contributed by atoms with van der Waals surface area (Å²) >= 11 is 0. The number of aryl methyl sites for hydroxylation is 1. The van der Waals surface area contributed by atoms with Gasteiger partial charge in [-0.05, 0) is 55.2 Å². The van der Waals surface area contributed by atoms with Gasteiger partial charge in [-0.3, -0.25) is 4.98 Å². The lowest BCUT2D eigenvalue weighted by Gasteiger charge is -2.15. The maximum absolute atomic E-state index is 5.60. The first-order valence-electron chi connectivity index (χ1n) is 7.30. The van der Waals surface area contributed by atoms with Gasteiger partial charge >= 0.3 is 0 Å². The normalized spacial score (nSPS) is 16.8. The number of anilines is 1. The molecular formula is C17H20N2O. The monoisotopic (exact) mass is 268 g/mol. The molecule has 0 fully saturated rings. The van der Waals surface area contributed by atoms with Crippen molar-refractivity contribution in [2.24, 2.45) is 0 Å². The predicted octanol–water partition coefficient (Wildman–Crippen LogP) is 3.97. The maximum Gasteiger partial charge on any atom is 0.119 e. The van der Waals surface area contributed by atoms with E-state index >= 15 is 0 Å². The molecule has 3 heteroatoms. The Hall–Kier alpha value is -2.03. The Labute approximate surface area is 120 Å². The lowest BCUT2D eigenvalue weighted by Crippen LogP contribution is -2.08. The van der Waals surface area contributed by atoms with E-state index in [1.54, 1.807) is 0 Å². The number of hydrogen-bond acceptors (Lipinski definition) is 3. The second kappa shape index (κ2) is 5.95. The second-order valence-corrected chi connectivity index (χ2v) is 5.16. The highest BCUT2D eigenvalue weighted by Gasteiger charge is 2.23. The third-order valence-corrected chi connectivity index (χ3v) is 3.63. The number of aromatic nitrogens is 1. The van der Waals surface area contributed by atoms with Gasteiger partial charge in [0.25, 0.3) is 0 Å². The Bertz CT molecular complexity index is 565.